The molecule has 0 aliphatic rings. The van der Waals surface area contributed by atoms with E-state index in [9.17, 15) is 4.79 Å². The number of aromatic nitrogens is 3. The summed E-state index contributed by atoms with van der Waals surface area (Å²) < 4.78 is 7.52. The molecule has 0 spiro atoms. The Morgan fingerprint density at radius 2 is 2.17 bits per heavy atom. The maximum absolute atomic E-state index is 11.2. The normalized spacial score (nSPS) is 11.9. The Labute approximate surface area is 143 Å². The number of benzene rings is 1. The van der Waals surface area contributed by atoms with Crippen molar-refractivity contribution in [2.24, 2.45) is 5.73 Å². The zero-order valence-electron chi connectivity index (χ0n) is 12.6. The van der Waals surface area contributed by atoms with Crippen molar-refractivity contribution < 1.29 is 9.53 Å². The van der Waals surface area contributed by atoms with Crippen LogP contribution in [-0.2, 0) is 17.9 Å². The van der Waals surface area contributed by atoms with Gasteiger partial charge in [0.2, 0.25) is 5.91 Å². The fraction of sp³-hybridized carbons (Fsp3) is 0.267. The van der Waals surface area contributed by atoms with Gasteiger partial charge in [0.15, 0.2) is 11.0 Å². The Morgan fingerprint density at radius 1 is 1.48 bits per heavy atom. The van der Waals surface area contributed by atoms with Gasteiger partial charge in [-0.2, -0.15) is 0 Å². The Kier molecular flexibility index (Phi) is 6.06. The maximum atomic E-state index is 11.2. The second-order valence-electron chi connectivity index (χ2n) is 4.70. The van der Waals surface area contributed by atoms with E-state index in [-0.39, 0.29) is 6.61 Å². The topological polar surface area (TPSA) is 83.0 Å². The number of thioether (sulfide) groups is 1. The molecule has 2 rings (SSSR count). The Hall–Kier alpha value is -1.99. The first kappa shape index (κ1) is 17.4. The van der Waals surface area contributed by atoms with E-state index in [0.717, 1.165) is 0 Å². The van der Waals surface area contributed by atoms with E-state index < -0.39 is 11.2 Å². The molecule has 1 heterocycles. The lowest BCUT2D eigenvalue weighted by molar-refractivity contribution is -0.117. The predicted molar refractivity (Wildman–Crippen MR) is 90.5 cm³/mol. The number of rotatable bonds is 8. The van der Waals surface area contributed by atoms with Crippen molar-refractivity contribution in [2.75, 3.05) is 0 Å². The second kappa shape index (κ2) is 8.03. The van der Waals surface area contributed by atoms with Crippen molar-refractivity contribution in [2.45, 2.75) is 30.5 Å². The highest BCUT2D eigenvalue weighted by molar-refractivity contribution is 8.00. The van der Waals surface area contributed by atoms with Gasteiger partial charge in [-0.05, 0) is 31.2 Å². The Bertz CT molecular complexity index is 687. The van der Waals surface area contributed by atoms with Crippen molar-refractivity contribution in [1.82, 2.24) is 14.8 Å². The molecule has 8 heteroatoms. The van der Waals surface area contributed by atoms with Crippen molar-refractivity contribution in [3.8, 4) is 5.75 Å². The molecule has 2 N–H and O–H groups in total. The molecule has 0 bridgehead atoms. The van der Waals surface area contributed by atoms with Crippen LogP contribution in [-0.4, -0.2) is 25.9 Å². The summed E-state index contributed by atoms with van der Waals surface area (Å²) in [5.74, 6) is 0.920. The molecule has 23 heavy (non-hydrogen) atoms. The van der Waals surface area contributed by atoms with Gasteiger partial charge in [-0.15, -0.1) is 16.8 Å². The smallest absolute Gasteiger partial charge is 0.230 e. The first-order valence-corrected chi connectivity index (χ1v) is 8.14. The molecule has 0 radical (unpaired) electrons. The zero-order chi connectivity index (χ0) is 16.8. The van der Waals surface area contributed by atoms with E-state index in [2.05, 4.69) is 16.8 Å². The summed E-state index contributed by atoms with van der Waals surface area (Å²) >= 11 is 7.10. The van der Waals surface area contributed by atoms with E-state index >= 15 is 0 Å². The van der Waals surface area contributed by atoms with Gasteiger partial charge >= 0.3 is 0 Å². The first-order chi connectivity index (χ1) is 11.0. The van der Waals surface area contributed by atoms with E-state index in [0.29, 0.717) is 28.3 Å². The molecule has 2 aromatic rings. The van der Waals surface area contributed by atoms with Crippen molar-refractivity contribution in [3.05, 3.63) is 47.8 Å². The zero-order valence-corrected chi connectivity index (χ0v) is 14.2. The summed E-state index contributed by atoms with van der Waals surface area (Å²) in [5, 5.41) is 9.08. The van der Waals surface area contributed by atoms with E-state index in [1.165, 1.54) is 11.8 Å². The SMILES string of the molecule is C=CCn1c(COc2ccc(Cl)cc2)nnc1S[C@@H](C)C(N)=O. The van der Waals surface area contributed by atoms with Gasteiger partial charge in [0.1, 0.15) is 12.4 Å². The van der Waals surface area contributed by atoms with Crippen LogP contribution >= 0.6 is 23.4 Å². The molecule has 1 aromatic heterocycles. The van der Waals surface area contributed by atoms with Crippen LogP contribution in [0.1, 0.15) is 12.7 Å². The van der Waals surface area contributed by atoms with Crippen LogP contribution < -0.4 is 10.5 Å². The van der Waals surface area contributed by atoms with Crippen LogP contribution in [0, 0.1) is 0 Å². The number of carbonyl (C=O) groups excluding carboxylic acids is 1. The number of nitrogens with two attached hydrogens (primary N) is 1. The van der Waals surface area contributed by atoms with Crippen LogP contribution in [0.25, 0.3) is 0 Å². The van der Waals surface area contributed by atoms with E-state index in [1.807, 2.05) is 4.57 Å². The van der Waals surface area contributed by atoms with Gasteiger partial charge in [0.05, 0.1) is 5.25 Å². The predicted octanol–water partition coefficient (Wildman–Crippen LogP) is 2.66. The van der Waals surface area contributed by atoms with Crippen molar-refractivity contribution >= 4 is 29.3 Å². The lowest BCUT2D eigenvalue weighted by Crippen LogP contribution is -2.23. The fourth-order valence-corrected chi connectivity index (χ4v) is 2.67. The molecule has 0 fully saturated rings. The molecule has 1 atom stereocenters. The molecule has 6 nitrogen and oxygen atoms in total. The number of carbonyl (C=O) groups is 1. The summed E-state index contributed by atoms with van der Waals surface area (Å²) in [7, 11) is 0. The third kappa shape index (κ3) is 4.74. The molecule has 0 saturated carbocycles. The molecule has 1 aromatic carbocycles. The third-order valence-electron chi connectivity index (χ3n) is 2.97. The highest BCUT2D eigenvalue weighted by Crippen LogP contribution is 2.23. The minimum absolute atomic E-state index is 0.244. The van der Waals surface area contributed by atoms with Gasteiger partial charge < -0.3 is 10.5 Å². The average molecular weight is 353 g/mol. The van der Waals surface area contributed by atoms with Crippen LogP contribution in [0.4, 0.5) is 0 Å². The molecule has 0 aliphatic heterocycles. The Balaban J connectivity index is 2.11. The number of primary amides is 1. The van der Waals surface area contributed by atoms with Crippen LogP contribution in [0.3, 0.4) is 0 Å². The lowest BCUT2D eigenvalue weighted by Gasteiger charge is -2.10. The van der Waals surface area contributed by atoms with Crippen LogP contribution in [0.5, 0.6) is 5.75 Å². The van der Waals surface area contributed by atoms with Crippen molar-refractivity contribution in [3.63, 3.8) is 0 Å². The number of halogens is 1. The summed E-state index contributed by atoms with van der Waals surface area (Å²) in [4.78, 5) is 11.2. The highest BCUT2D eigenvalue weighted by atomic mass is 35.5. The largest absolute Gasteiger partial charge is 0.486 e. The van der Waals surface area contributed by atoms with Gasteiger partial charge in [0.25, 0.3) is 0 Å². The minimum atomic E-state index is -0.401. The Morgan fingerprint density at radius 3 is 2.78 bits per heavy atom. The fourth-order valence-electron chi connectivity index (χ4n) is 1.72. The van der Waals surface area contributed by atoms with Crippen molar-refractivity contribution in [1.29, 1.82) is 0 Å². The molecule has 0 saturated heterocycles. The third-order valence-corrected chi connectivity index (χ3v) is 4.32. The van der Waals surface area contributed by atoms with Gasteiger partial charge in [0, 0.05) is 11.6 Å². The molecule has 1 amide bonds. The number of amides is 1. The summed E-state index contributed by atoms with van der Waals surface area (Å²) in [5.41, 5.74) is 5.29. The standard InChI is InChI=1S/C15H17ClN4O2S/c1-3-8-20-13(9-22-12-6-4-11(16)5-7-12)18-19-15(20)23-10(2)14(17)21/h3-7,10H,1,8-9H2,2H3,(H2,17,21)/t10-/m0/s1. The number of hydrogen-bond donors (Lipinski definition) is 1. The highest BCUT2D eigenvalue weighted by Gasteiger charge is 2.18. The first-order valence-electron chi connectivity index (χ1n) is 6.88. The van der Waals surface area contributed by atoms with Crippen LogP contribution in [0.2, 0.25) is 5.02 Å². The number of ether oxygens (including phenoxy) is 1. The maximum Gasteiger partial charge on any atom is 0.230 e. The molecule has 0 unspecified atom stereocenters. The van der Waals surface area contributed by atoms with E-state index in [1.54, 1.807) is 37.3 Å². The lowest BCUT2D eigenvalue weighted by atomic mass is 10.3. The molecular weight excluding hydrogens is 336 g/mol. The summed E-state index contributed by atoms with van der Waals surface area (Å²) in [6.07, 6.45) is 1.73. The summed E-state index contributed by atoms with van der Waals surface area (Å²) in [6, 6.07) is 7.06. The second-order valence-corrected chi connectivity index (χ2v) is 6.45. The molecule has 0 aliphatic carbocycles. The van der Waals surface area contributed by atoms with Gasteiger partial charge in [-0.25, -0.2) is 0 Å². The van der Waals surface area contributed by atoms with Crippen LogP contribution in [0.15, 0.2) is 42.1 Å². The summed E-state index contributed by atoms with van der Waals surface area (Å²) in [6.45, 7) is 6.21. The number of hydrogen-bond acceptors (Lipinski definition) is 5. The van der Waals surface area contributed by atoms with E-state index in [4.69, 9.17) is 22.1 Å². The number of nitrogens with zero attached hydrogens (tertiary/aromatic N) is 3. The monoisotopic (exact) mass is 352 g/mol. The van der Waals surface area contributed by atoms with Gasteiger partial charge in [-0.3, -0.25) is 9.36 Å². The minimum Gasteiger partial charge on any atom is -0.486 e. The van der Waals surface area contributed by atoms with Gasteiger partial charge in [-0.1, -0.05) is 29.4 Å². The quantitative estimate of drug-likeness (QED) is 0.583. The average Bonchev–Trinajstić information content (AvgIpc) is 2.89. The number of allylic oxidation sites excluding steroid dienone is 1. The molecule has 122 valence electrons. The molecular formula is C15H17ClN4O2S.